The number of rotatable bonds is 28. The van der Waals surface area contributed by atoms with E-state index in [1.165, 1.54) is 160 Å². The summed E-state index contributed by atoms with van der Waals surface area (Å²) in [7, 11) is 0. The Labute approximate surface area is 250 Å². The lowest BCUT2D eigenvalue weighted by Gasteiger charge is -2.26. The molecule has 0 amide bonds. The van der Waals surface area contributed by atoms with Crippen molar-refractivity contribution in [2.24, 2.45) is 21.8 Å². The second-order valence-corrected chi connectivity index (χ2v) is 12.6. The van der Waals surface area contributed by atoms with Crippen LogP contribution < -0.4 is 0 Å². The third-order valence-corrected chi connectivity index (χ3v) is 9.02. The molecule has 2 nitrogen and oxygen atoms in total. The molecule has 0 bridgehead atoms. The van der Waals surface area contributed by atoms with Crippen LogP contribution in [0, 0.1) is 18.0 Å². The largest absolute Gasteiger partial charge is 0.244 e. The molecule has 1 aliphatic heterocycles. The maximum absolute atomic E-state index is 4.72. The monoisotopic (exact) mass is 550 g/mol. The van der Waals surface area contributed by atoms with E-state index in [4.69, 9.17) is 9.98 Å². The van der Waals surface area contributed by atoms with Crippen molar-refractivity contribution in [2.75, 3.05) is 0 Å². The Morgan fingerprint density at radius 3 is 1.35 bits per heavy atom. The van der Waals surface area contributed by atoms with Crippen LogP contribution in [0.4, 0.5) is 0 Å². The third kappa shape index (κ3) is 17.3. The predicted octanol–water partition coefficient (Wildman–Crippen LogP) is 12.5. The molecule has 0 fully saturated rings. The van der Waals surface area contributed by atoms with Crippen molar-refractivity contribution >= 4 is 12.4 Å². The van der Waals surface area contributed by atoms with E-state index >= 15 is 0 Å². The summed E-state index contributed by atoms with van der Waals surface area (Å²) >= 11 is 0. The van der Waals surface area contributed by atoms with Gasteiger partial charge in [-0.1, -0.05) is 195 Å². The van der Waals surface area contributed by atoms with Gasteiger partial charge in [-0.15, -0.1) is 0 Å². The molecule has 1 aromatic carbocycles. The van der Waals surface area contributed by atoms with Crippen molar-refractivity contribution in [1.82, 2.24) is 0 Å². The molecule has 0 aliphatic carbocycles. The van der Waals surface area contributed by atoms with Gasteiger partial charge in [0.05, 0.1) is 5.92 Å². The molecule has 0 N–H and O–H groups in total. The maximum Gasteiger partial charge on any atom is 0.244 e. The van der Waals surface area contributed by atoms with E-state index in [1.54, 1.807) is 0 Å². The second-order valence-electron chi connectivity index (χ2n) is 12.6. The van der Waals surface area contributed by atoms with Crippen molar-refractivity contribution in [3.05, 3.63) is 42.1 Å². The lowest BCUT2D eigenvalue weighted by molar-refractivity contribution is 0.284. The summed E-state index contributed by atoms with van der Waals surface area (Å²) in [6.07, 6.45) is 39.7. The van der Waals surface area contributed by atoms with Gasteiger partial charge in [-0.3, -0.25) is 0 Å². The molecule has 1 aromatic rings. The molecule has 0 spiro atoms. The summed E-state index contributed by atoms with van der Waals surface area (Å²) in [5, 5.41) is 0. The Morgan fingerprint density at radius 1 is 0.500 bits per heavy atom. The first-order valence-corrected chi connectivity index (χ1v) is 17.8. The molecule has 1 aliphatic rings. The van der Waals surface area contributed by atoms with E-state index in [9.17, 15) is 0 Å². The molecule has 226 valence electrons. The summed E-state index contributed by atoms with van der Waals surface area (Å²) in [6, 6.07) is 11.1. The minimum Gasteiger partial charge on any atom is -0.0965 e. The van der Waals surface area contributed by atoms with Crippen molar-refractivity contribution in [3.63, 3.8) is 0 Å². The normalized spacial score (nSPS) is 14.3. The van der Waals surface area contributed by atoms with E-state index in [-0.39, 0.29) is 0 Å². The zero-order chi connectivity index (χ0) is 28.4. The number of benzene rings is 1. The van der Waals surface area contributed by atoms with Crippen LogP contribution in [0.3, 0.4) is 0 Å². The van der Waals surface area contributed by atoms with Crippen LogP contribution in [-0.4, -0.2) is 12.4 Å². The summed E-state index contributed by atoms with van der Waals surface area (Å²) < 4.78 is 0. The van der Waals surface area contributed by atoms with Crippen LogP contribution in [0.25, 0.3) is 0 Å². The van der Waals surface area contributed by atoms with Crippen LogP contribution >= 0.6 is 0 Å². The lowest BCUT2D eigenvalue weighted by atomic mass is 9.78. The average molecular weight is 550 g/mol. The summed E-state index contributed by atoms with van der Waals surface area (Å²) in [5.41, 5.74) is 1.47. The first-order chi connectivity index (χ1) is 19.8. The van der Waals surface area contributed by atoms with Gasteiger partial charge in [-0.25, -0.2) is 0 Å². The standard InChI is InChI=1S/C38H65N2/c1-3-5-7-9-10-11-12-13-14-15-16-17-18-19-20-22-27-31-37(38-39-32-33-40-38)36(30-26-21-8-6-4-2)34-35-28-24-23-25-29-35/h23-25,28-29,32-33,36-37H,3-22,26-27,30-31,34H2,1-2H3/q+1. The summed E-state index contributed by atoms with van der Waals surface area (Å²) in [6.45, 7) is 4.61. The van der Waals surface area contributed by atoms with Crippen LogP contribution in [0.15, 0.2) is 40.3 Å². The van der Waals surface area contributed by atoms with E-state index in [2.05, 4.69) is 44.2 Å². The SMILES string of the molecule is CCCCCCCCCCCCCCCCCCCC([C+]1N=CC=N1)C(CCCCCCC)Cc1ccccc1. The van der Waals surface area contributed by atoms with Gasteiger partial charge in [0, 0.05) is 0 Å². The zero-order valence-corrected chi connectivity index (χ0v) is 26.8. The van der Waals surface area contributed by atoms with Crippen LogP contribution in [0.2, 0.25) is 0 Å². The number of hydrogen-bond donors (Lipinski definition) is 0. The molecule has 2 unspecified atom stereocenters. The summed E-state index contributed by atoms with van der Waals surface area (Å²) in [4.78, 5) is 9.44. The van der Waals surface area contributed by atoms with Gasteiger partial charge in [-0.05, 0) is 30.7 Å². The Bertz CT molecular complexity index is 712. The molecule has 40 heavy (non-hydrogen) atoms. The molecule has 0 saturated heterocycles. The second kappa shape index (κ2) is 25.2. The van der Waals surface area contributed by atoms with E-state index < -0.39 is 0 Å². The van der Waals surface area contributed by atoms with Crippen molar-refractivity contribution in [3.8, 4) is 0 Å². The fourth-order valence-corrected chi connectivity index (χ4v) is 6.48. The minimum atomic E-state index is 0.498. The molecular weight excluding hydrogens is 484 g/mol. The predicted molar refractivity (Wildman–Crippen MR) is 180 cm³/mol. The van der Waals surface area contributed by atoms with Crippen molar-refractivity contribution in [1.29, 1.82) is 0 Å². The fraction of sp³-hybridized carbons (Fsp3) is 0.763. The molecule has 0 radical (unpaired) electrons. The van der Waals surface area contributed by atoms with Crippen LogP contribution in [0.1, 0.15) is 174 Å². The first-order valence-electron chi connectivity index (χ1n) is 17.8. The average Bonchev–Trinajstić information content (AvgIpc) is 3.51. The van der Waals surface area contributed by atoms with Crippen molar-refractivity contribution < 1.29 is 0 Å². The Morgan fingerprint density at radius 2 is 0.900 bits per heavy atom. The molecule has 2 heteroatoms. The smallest absolute Gasteiger partial charge is 0.0965 e. The number of hydrogen-bond acceptors (Lipinski definition) is 2. The van der Waals surface area contributed by atoms with Crippen molar-refractivity contribution in [2.45, 2.75) is 174 Å². The molecule has 2 rings (SSSR count). The Balaban J connectivity index is 1.61. The number of aliphatic imine (C=N–C) groups is 2. The Hall–Kier alpha value is -1.57. The van der Waals surface area contributed by atoms with Gasteiger partial charge >= 0.3 is 0 Å². The Kier molecular flexibility index (Phi) is 21.8. The minimum absolute atomic E-state index is 0.498. The highest BCUT2D eigenvalue weighted by molar-refractivity contribution is 6.18. The number of unbranched alkanes of at least 4 members (excludes halogenated alkanes) is 20. The quantitative estimate of drug-likeness (QED) is 0.0733. The molecule has 1 heterocycles. The highest BCUT2D eigenvalue weighted by atomic mass is 15.0. The van der Waals surface area contributed by atoms with Gasteiger partial charge in [0.25, 0.3) is 0 Å². The van der Waals surface area contributed by atoms with Gasteiger partial charge < -0.3 is 0 Å². The van der Waals surface area contributed by atoms with Gasteiger partial charge in [0.15, 0.2) is 12.4 Å². The van der Waals surface area contributed by atoms with Gasteiger partial charge in [0.2, 0.25) is 6.17 Å². The van der Waals surface area contributed by atoms with Crippen LogP contribution in [-0.2, 0) is 6.42 Å². The molecular formula is C38H65N2+. The highest BCUT2D eigenvalue weighted by Gasteiger charge is 2.35. The van der Waals surface area contributed by atoms with E-state index in [0.29, 0.717) is 11.8 Å². The highest BCUT2D eigenvalue weighted by Crippen LogP contribution is 2.37. The topological polar surface area (TPSA) is 24.7 Å². The van der Waals surface area contributed by atoms with E-state index in [0.717, 1.165) is 12.6 Å². The molecule has 2 atom stereocenters. The molecule has 0 aromatic heterocycles. The number of nitrogens with zero attached hydrogens (tertiary/aromatic N) is 2. The zero-order valence-electron chi connectivity index (χ0n) is 26.8. The van der Waals surface area contributed by atoms with E-state index in [1.807, 2.05) is 12.4 Å². The first kappa shape index (κ1) is 34.6. The summed E-state index contributed by atoms with van der Waals surface area (Å²) in [5.74, 6) is 1.14. The third-order valence-electron chi connectivity index (χ3n) is 9.02. The lowest BCUT2D eigenvalue weighted by Crippen LogP contribution is -2.22. The van der Waals surface area contributed by atoms with Gasteiger partial charge in [0.1, 0.15) is 0 Å². The fourth-order valence-electron chi connectivity index (χ4n) is 6.48. The maximum atomic E-state index is 4.72. The molecule has 0 saturated carbocycles. The van der Waals surface area contributed by atoms with Crippen LogP contribution in [0.5, 0.6) is 0 Å². The van der Waals surface area contributed by atoms with Gasteiger partial charge in [-0.2, -0.15) is 0 Å².